The summed E-state index contributed by atoms with van der Waals surface area (Å²) in [5.41, 5.74) is 3.46. The number of rotatable bonds is 4. The molecule has 3 atom stereocenters. The van der Waals surface area contributed by atoms with E-state index in [9.17, 15) is 4.21 Å². The van der Waals surface area contributed by atoms with Gasteiger partial charge in [-0.2, -0.15) is 0 Å². The third-order valence-electron chi connectivity index (χ3n) is 5.01. The van der Waals surface area contributed by atoms with E-state index in [1.807, 2.05) is 61.5 Å². The first kappa shape index (κ1) is 17.5. The number of hydrogen-bond donors (Lipinski definition) is 0. The molecule has 1 aliphatic rings. The average molecular weight is 426 g/mol. The molecule has 26 heavy (non-hydrogen) atoms. The molecule has 132 valence electrons. The summed E-state index contributed by atoms with van der Waals surface area (Å²) in [6, 6.07) is 26.7. The quantitative estimate of drug-likeness (QED) is 0.489. The Morgan fingerprint density at radius 1 is 0.923 bits per heavy atom. The molecule has 1 aliphatic heterocycles. The number of hydrogen-bond acceptors (Lipinski definition) is 2. The monoisotopic (exact) mass is 425 g/mol. The number of benzene rings is 3. The Labute approximate surface area is 165 Å². The molecule has 0 spiro atoms. The fourth-order valence-corrected chi connectivity index (χ4v) is 5.47. The highest BCUT2D eigenvalue weighted by Crippen LogP contribution is 2.58. The van der Waals surface area contributed by atoms with Crippen LogP contribution >= 0.6 is 15.9 Å². The van der Waals surface area contributed by atoms with Gasteiger partial charge in [0.25, 0.3) is 0 Å². The largest absolute Gasteiger partial charge is 0.342 e. The third-order valence-corrected chi connectivity index (χ3v) is 7.41. The van der Waals surface area contributed by atoms with Crippen LogP contribution in [0.3, 0.4) is 0 Å². The Morgan fingerprint density at radius 3 is 2.15 bits per heavy atom. The molecule has 1 saturated heterocycles. The summed E-state index contributed by atoms with van der Waals surface area (Å²) < 4.78 is 14.6. The van der Waals surface area contributed by atoms with Gasteiger partial charge in [-0.1, -0.05) is 64.0 Å². The van der Waals surface area contributed by atoms with E-state index in [1.165, 1.54) is 11.1 Å². The molecule has 3 aromatic rings. The maximum Gasteiger partial charge on any atom is 0.143 e. The Morgan fingerprint density at radius 2 is 1.54 bits per heavy atom. The molecule has 0 bridgehead atoms. The van der Waals surface area contributed by atoms with Gasteiger partial charge in [0.05, 0.1) is 16.8 Å². The topological polar surface area (TPSA) is 20.1 Å². The number of nitrogens with zero attached hydrogens (tertiary/aromatic N) is 1. The summed E-state index contributed by atoms with van der Waals surface area (Å²) in [6.45, 7) is 4.15. The summed E-state index contributed by atoms with van der Waals surface area (Å²) in [6.07, 6.45) is 0. The highest BCUT2D eigenvalue weighted by Gasteiger charge is 2.64. The molecule has 1 heterocycles. The smallest absolute Gasteiger partial charge is 0.143 e. The molecule has 0 aliphatic carbocycles. The normalized spacial score (nSPS) is 22.9. The van der Waals surface area contributed by atoms with Crippen molar-refractivity contribution in [2.24, 2.45) is 0 Å². The van der Waals surface area contributed by atoms with Gasteiger partial charge in [0.2, 0.25) is 0 Å². The Bertz CT molecular complexity index is 940. The predicted molar refractivity (Wildman–Crippen MR) is 112 cm³/mol. The molecule has 4 heteroatoms. The first-order valence-electron chi connectivity index (χ1n) is 8.60. The van der Waals surface area contributed by atoms with Crippen LogP contribution in [0.5, 0.6) is 0 Å². The minimum Gasteiger partial charge on any atom is -0.342 e. The van der Waals surface area contributed by atoms with Crippen molar-refractivity contribution in [3.63, 3.8) is 0 Å². The van der Waals surface area contributed by atoms with E-state index in [0.717, 1.165) is 15.1 Å². The second-order valence-corrected chi connectivity index (χ2v) is 9.55. The van der Waals surface area contributed by atoms with E-state index >= 15 is 0 Å². The van der Waals surface area contributed by atoms with Crippen LogP contribution < -0.4 is 4.90 Å². The van der Waals surface area contributed by atoms with Crippen molar-refractivity contribution in [1.82, 2.24) is 0 Å². The van der Waals surface area contributed by atoms with Crippen molar-refractivity contribution in [3.05, 3.63) is 94.5 Å². The van der Waals surface area contributed by atoms with Crippen molar-refractivity contribution in [3.8, 4) is 0 Å². The van der Waals surface area contributed by atoms with Crippen molar-refractivity contribution >= 4 is 32.4 Å². The van der Waals surface area contributed by atoms with Gasteiger partial charge in [0.1, 0.15) is 4.87 Å². The maximum atomic E-state index is 13.5. The van der Waals surface area contributed by atoms with Gasteiger partial charge >= 0.3 is 0 Å². The first-order chi connectivity index (χ1) is 12.5. The fraction of sp³-hybridized carbons (Fsp3) is 0.182. The van der Waals surface area contributed by atoms with Crippen LogP contribution in [-0.2, 0) is 10.8 Å². The molecular weight excluding hydrogens is 406 g/mol. The van der Waals surface area contributed by atoms with Crippen LogP contribution in [0.1, 0.15) is 24.1 Å². The van der Waals surface area contributed by atoms with Crippen LogP contribution in [0, 0.1) is 6.92 Å². The lowest BCUT2D eigenvalue weighted by Crippen LogP contribution is -2.21. The van der Waals surface area contributed by atoms with Gasteiger partial charge in [-0.3, -0.25) is 4.21 Å². The summed E-state index contributed by atoms with van der Waals surface area (Å²) >= 11 is 3.50. The van der Waals surface area contributed by atoms with E-state index in [2.05, 4.69) is 52.0 Å². The van der Waals surface area contributed by atoms with Gasteiger partial charge in [-0.05, 0) is 55.8 Å². The number of halogens is 1. The minimum atomic E-state index is -1.15. The molecule has 3 aromatic carbocycles. The second kappa shape index (κ2) is 6.67. The maximum absolute atomic E-state index is 13.5. The first-order valence-corrected chi connectivity index (χ1v) is 10.5. The minimum absolute atomic E-state index is 0.0898. The fourth-order valence-electron chi connectivity index (χ4n) is 3.56. The van der Waals surface area contributed by atoms with Gasteiger partial charge in [0.15, 0.2) is 0 Å². The number of anilines is 1. The van der Waals surface area contributed by atoms with Crippen molar-refractivity contribution in [1.29, 1.82) is 0 Å². The van der Waals surface area contributed by atoms with Gasteiger partial charge in [-0.25, -0.2) is 0 Å². The highest BCUT2D eigenvalue weighted by atomic mass is 79.9. The van der Waals surface area contributed by atoms with Crippen LogP contribution in [0.15, 0.2) is 88.2 Å². The zero-order valence-corrected chi connectivity index (χ0v) is 17.1. The summed E-state index contributed by atoms with van der Waals surface area (Å²) in [5, 5.41) is 0. The summed E-state index contributed by atoms with van der Waals surface area (Å²) in [5.74, 6) is 0. The van der Waals surface area contributed by atoms with E-state index in [1.54, 1.807) is 0 Å². The SMILES string of the molecule is Cc1ccc([S@@](=O)[C@]2(C)[C@@H](c3ccccc3)N2c2ccc(Br)cc2)cc1. The highest BCUT2D eigenvalue weighted by molar-refractivity contribution is 9.10. The lowest BCUT2D eigenvalue weighted by atomic mass is 10.1. The summed E-state index contributed by atoms with van der Waals surface area (Å²) in [4.78, 5) is 2.67. The Balaban J connectivity index is 1.76. The van der Waals surface area contributed by atoms with E-state index in [-0.39, 0.29) is 6.04 Å². The van der Waals surface area contributed by atoms with Gasteiger partial charge in [0, 0.05) is 15.1 Å². The molecule has 0 saturated carbocycles. The molecule has 0 amide bonds. The van der Waals surface area contributed by atoms with Crippen LogP contribution in [0.25, 0.3) is 0 Å². The Kier molecular flexibility index (Phi) is 4.49. The second-order valence-electron chi connectivity index (χ2n) is 6.80. The van der Waals surface area contributed by atoms with Gasteiger partial charge < -0.3 is 4.90 Å². The van der Waals surface area contributed by atoms with E-state index in [0.29, 0.717) is 0 Å². The summed E-state index contributed by atoms with van der Waals surface area (Å²) in [7, 11) is -1.15. The van der Waals surface area contributed by atoms with E-state index < -0.39 is 15.7 Å². The van der Waals surface area contributed by atoms with Crippen LogP contribution in [0.2, 0.25) is 0 Å². The standard InChI is InChI=1S/C22H20BrNOS/c1-16-8-14-20(15-9-16)26(25)22(2)21(17-6-4-3-5-7-17)24(22)19-12-10-18(23)11-13-19/h3-15,21H,1-2H3/t21-,22-,24?,26-/m1/s1. The average Bonchev–Trinajstić information content (AvgIpc) is 3.30. The predicted octanol–water partition coefficient (Wildman–Crippen LogP) is 5.84. The molecule has 0 aromatic heterocycles. The molecule has 0 unspecified atom stereocenters. The lowest BCUT2D eigenvalue weighted by molar-refractivity contribution is 0.670. The van der Waals surface area contributed by atoms with Crippen molar-refractivity contribution < 1.29 is 4.21 Å². The van der Waals surface area contributed by atoms with Crippen LogP contribution in [-0.4, -0.2) is 9.08 Å². The van der Waals surface area contributed by atoms with Crippen molar-refractivity contribution in [2.75, 3.05) is 4.90 Å². The van der Waals surface area contributed by atoms with Crippen LogP contribution in [0.4, 0.5) is 5.69 Å². The molecule has 2 nitrogen and oxygen atoms in total. The molecule has 1 fully saturated rings. The molecule has 0 radical (unpaired) electrons. The number of aryl methyl sites for hydroxylation is 1. The van der Waals surface area contributed by atoms with E-state index in [4.69, 9.17) is 0 Å². The zero-order chi connectivity index (χ0) is 18.3. The molecular formula is C22H20BrNOS. The van der Waals surface area contributed by atoms with Gasteiger partial charge in [-0.15, -0.1) is 0 Å². The lowest BCUT2D eigenvalue weighted by Gasteiger charge is -2.13. The Hall–Kier alpha value is -1.91. The van der Waals surface area contributed by atoms with Crippen molar-refractivity contribution in [2.45, 2.75) is 29.7 Å². The molecule has 0 N–H and O–H groups in total. The third kappa shape index (κ3) is 2.91. The zero-order valence-electron chi connectivity index (χ0n) is 14.7. The molecule has 4 rings (SSSR count).